The van der Waals surface area contributed by atoms with Gasteiger partial charge in [-0.15, -0.1) is 0 Å². The summed E-state index contributed by atoms with van der Waals surface area (Å²) in [4.78, 5) is 20.9. The maximum atomic E-state index is 12.8. The summed E-state index contributed by atoms with van der Waals surface area (Å²) in [5.74, 6) is -0.746. The Morgan fingerprint density at radius 3 is 2.21 bits per heavy atom. The molecule has 0 aliphatic rings. The lowest BCUT2D eigenvalue weighted by Crippen LogP contribution is -2.29. The molecule has 0 aliphatic carbocycles. The number of aromatic hydroxyl groups is 1. The normalized spacial score (nSPS) is 10.8. The third-order valence-corrected chi connectivity index (χ3v) is 4.20. The third-order valence-electron chi connectivity index (χ3n) is 4.20. The van der Waals surface area contributed by atoms with E-state index in [1.165, 1.54) is 23.3 Å². The second-order valence-electron chi connectivity index (χ2n) is 6.02. The molecule has 7 heteroatoms. The summed E-state index contributed by atoms with van der Waals surface area (Å²) in [5, 5.41) is 17.2. The van der Waals surface area contributed by atoms with Gasteiger partial charge in [-0.3, -0.25) is 4.79 Å². The number of carbonyl (C=O) groups is 1. The Hall–Kier alpha value is -4.00. The van der Waals surface area contributed by atoms with Crippen LogP contribution in [0.3, 0.4) is 0 Å². The number of aromatic nitrogens is 4. The van der Waals surface area contributed by atoms with Crippen LogP contribution in [-0.4, -0.2) is 30.8 Å². The second-order valence-corrected chi connectivity index (χ2v) is 6.02. The van der Waals surface area contributed by atoms with Crippen LogP contribution >= 0.6 is 0 Å². The highest BCUT2D eigenvalue weighted by Gasteiger charge is 2.21. The van der Waals surface area contributed by atoms with E-state index < -0.39 is 11.8 Å². The molecule has 0 saturated heterocycles. The molecule has 2 N–H and O–H groups in total. The van der Waals surface area contributed by atoms with Crippen molar-refractivity contribution in [2.75, 3.05) is 0 Å². The topological polar surface area (TPSA) is 92.9 Å². The van der Waals surface area contributed by atoms with Gasteiger partial charge in [0, 0.05) is 18.5 Å². The maximum absolute atomic E-state index is 12.8. The summed E-state index contributed by atoms with van der Waals surface area (Å²) in [6.45, 7) is 0. The molecule has 2 aromatic heterocycles. The summed E-state index contributed by atoms with van der Waals surface area (Å²) >= 11 is 0. The van der Waals surface area contributed by atoms with Crippen molar-refractivity contribution >= 4 is 5.91 Å². The van der Waals surface area contributed by atoms with E-state index in [-0.39, 0.29) is 17.6 Å². The standard InChI is InChI=1S/C21H16N5O2/c27-19(17-14-22-21(25-20(17)28)26-13-7-12-23-26)24-18(15-8-3-1-4-9-15)16-10-5-2-6-11-16/h1-6,8-14,18H,(H,24,27)(H,22,25,28). The number of amides is 1. The number of rotatable bonds is 5. The van der Waals surface area contributed by atoms with Crippen molar-refractivity contribution in [3.63, 3.8) is 0 Å². The molecule has 2 heterocycles. The Kier molecular flexibility index (Phi) is 4.79. The van der Waals surface area contributed by atoms with Crippen LogP contribution in [0.2, 0.25) is 0 Å². The van der Waals surface area contributed by atoms with Crippen LogP contribution in [0.4, 0.5) is 0 Å². The lowest BCUT2D eigenvalue weighted by Gasteiger charge is -2.20. The first-order valence-electron chi connectivity index (χ1n) is 8.60. The van der Waals surface area contributed by atoms with Gasteiger partial charge < -0.3 is 10.4 Å². The first-order chi connectivity index (χ1) is 13.7. The number of benzene rings is 2. The molecule has 4 rings (SSSR count). The molecule has 1 amide bonds. The van der Waals surface area contributed by atoms with Crippen LogP contribution in [0.25, 0.3) is 5.95 Å². The first-order valence-corrected chi connectivity index (χ1v) is 8.60. The molecule has 2 aromatic carbocycles. The molecule has 137 valence electrons. The zero-order chi connectivity index (χ0) is 19.3. The van der Waals surface area contributed by atoms with Gasteiger partial charge in [0.05, 0.1) is 12.2 Å². The maximum Gasteiger partial charge on any atom is 0.259 e. The molecule has 0 spiro atoms. The molecule has 0 fully saturated rings. The molecule has 7 nitrogen and oxygen atoms in total. The van der Waals surface area contributed by atoms with E-state index >= 15 is 0 Å². The SMILES string of the molecule is O=C(NC(c1ccccc1)c1ccccc1)c1cnc(-n2c[c]cn2)nc1O. The van der Waals surface area contributed by atoms with E-state index in [1.54, 1.807) is 0 Å². The molecular formula is C21H16N5O2. The minimum absolute atomic E-state index is 0.0169. The number of hydrogen-bond acceptors (Lipinski definition) is 5. The van der Waals surface area contributed by atoms with Crippen LogP contribution in [0.15, 0.2) is 79.3 Å². The van der Waals surface area contributed by atoms with Gasteiger partial charge in [0.1, 0.15) is 5.56 Å². The fourth-order valence-corrected chi connectivity index (χ4v) is 2.84. The number of nitrogens with zero attached hydrogens (tertiary/aromatic N) is 4. The van der Waals surface area contributed by atoms with Gasteiger partial charge in [0.2, 0.25) is 5.88 Å². The van der Waals surface area contributed by atoms with Gasteiger partial charge in [-0.05, 0) is 11.1 Å². The number of carbonyl (C=O) groups excluding carboxylic acids is 1. The average Bonchev–Trinajstić information content (AvgIpc) is 3.28. The largest absolute Gasteiger partial charge is 0.493 e. The summed E-state index contributed by atoms with van der Waals surface area (Å²) in [7, 11) is 0. The van der Waals surface area contributed by atoms with Crippen molar-refractivity contribution in [3.05, 3.63) is 102 Å². The third kappa shape index (κ3) is 3.59. The van der Waals surface area contributed by atoms with Gasteiger partial charge in [-0.2, -0.15) is 10.1 Å². The smallest absolute Gasteiger partial charge is 0.259 e. The second kappa shape index (κ2) is 7.71. The quantitative estimate of drug-likeness (QED) is 0.563. The molecule has 0 atom stereocenters. The van der Waals surface area contributed by atoms with Gasteiger partial charge in [-0.25, -0.2) is 9.67 Å². The molecular weight excluding hydrogens is 354 g/mol. The van der Waals surface area contributed by atoms with Gasteiger partial charge in [0.15, 0.2) is 0 Å². The van der Waals surface area contributed by atoms with Crippen molar-refractivity contribution in [2.45, 2.75) is 6.04 Å². The zero-order valence-electron chi connectivity index (χ0n) is 14.7. The highest BCUT2D eigenvalue weighted by Crippen LogP contribution is 2.23. The highest BCUT2D eigenvalue weighted by molar-refractivity contribution is 5.96. The van der Waals surface area contributed by atoms with Crippen LogP contribution in [-0.2, 0) is 0 Å². The fraction of sp³-hybridized carbons (Fsp3) is 0.0476. The molecule has 28 heavy (non-hydrogen) atoms. The van der Waals surface area contributed by atoms with E-state index in [2.05, 4.69) is 26.4 Å². The van der Waals surface area contributed by atoms with E-state index in [0.29, 0.717) is 0 Å². The van der Waals surface area contributed by atoms with Gasteiger partial charge >= 0.3 is 0 Å². The van der Waals surface area contributed by atoms with Gasteiger partial charge in [-0.1, -0.05) is 60.7 Å². The predicted molar refractivity (Wildman–Crippen MR) is 102 cm³/mol. The molecule has 0 saturated carbocycles. The Balaban J connectivity index is 1.63. The van der Waals surface area contributed by atoms with Gasteiger partial charge in [0.25, 0.3) is 11.9 Å². The van der Waals surface area contributed by atoms with Crippen molar-refractivity contribution in [1.82, 2.24) is 25.1 Å². The Bertz CT molecular complexity index is 1030. The number of nitrogens with one attached hydrogen (secondary N) is 1. The minimum Gasteiger partial charge on any atom is -0.493 e. The Morgan fingerprint density at radius 1 is 1.04 bits per heavy atom. The van der Waals surface area contributed by atoms with Crippen molar-refractivity contribution in [3.8, 4) is 11.8 Å². The lowest BCUT2D eigenvalue weighted by molar-refractivity contribution is 0.0939. The monoisotopic (exact) mass is 370 g/mol. The molecule has 0 bridgehead atoms. The molecule has 0 unspecified atom stereocenters. The van der Waals surface area contributed by atoms with Crippen LogP contribution < -0.4 is 5.32 Å². The van der Waals surface area contributed by atoms with Crippen molar-refractivity contribution < 1.29 is 9.90 Å². The van der Waals surface area contributed by atoms with Crippen molar-refractivity contribution in [1.29, 1.82) is 0 Å². The Labute approximate surface area is 161 Å². The van der Waals surface area contributed by atoms with E-state index in [4.69, 9.17) is 0 Å². The summed E-state index contributed by atoms with van der Waals surface area (Å²) < 4.78 is 1.35. The van der Waals surface area contributed by atoms with E-state index in [9.17, 15) is 9.90 Å². The minimum atomic E-state index is -0.478. The molecule has 4 aromatic rings. The summed E-state index contributed by atoms with van der Waals surface area (Å²) in [6, 6.07) is 21.6. The van der Waals surface area contributed by atoms with E-state index in [0.717, 1.165) is 11.1 Å². The predicted octanol–water partition coefficient (Wildman–Crippen LogP) is 2.69. The number of hydrogen-bond donors (Lipinski definition) is 2. The Morgan fingerprint density at radius 2 is 1.68 bits per heavy atom. The van der Waals surface area contributed by atoms with Crippen LogP contribution in [0.5, 0.6) is 5.88 Å². The van der Waals surface area contributed by atoms with Crippen LogP contribution in [0, 0.1) is 6.07 Å². The average molecular weight is 370 g/mol. The van der Waals surface area contributed by atoms with Crippen LogP contribution in [0.1, 0.15) is 27.5 Å². The summed E-state index contributed by atoms with van der Waals surface area (Å²) in [5.41, 5.74) is 1.83. The molecule has 1 radical (unpaired) electrons. The van der Waals surface area contributed by atoms with Crippen molar-refractivity contribution in [2.24, 2.45) is 0 Å². The van der Waals surface area contributed by atoms with E-state index in [1.807, 2.05) is 60.7 Å². The first kappa shape index (κ1) is 17.4. The lowest BCUT2D eigenvalue weighted by atomic mass is 9.98. The summed E-state index contributed by atoms with van der Waals surface area (Å²) in [6.07, 6.45) is 4.25. The zero-order valence-corrected chi connectivity index (χ0v) is 14.7. The highest BCUT2D eigenvalue weighted by atomic mass is 16.3. The fourth-order valence-electron chi connectivity index (χ4n) is 2.84. The molecule has 0 aliphatic heterocycles.